The molecule has 1 aromatic carbocycles. The molecule has 2 N–H and O–H groups in total. The van der Waals surface area contributed by atoms with E-state index in [2.05, 4.69) is 5.32 Å². The topological polar surface area (TPSA) is 75.4 Å². The van der Waals surface area contributed by atoms with Crippen LogP contribution < -0.4 is 5.32 Å². The molecule has 0 atom stereocenters. The fourth-order valence-electron chi connectivity index (χ4n) is 1.95. The molecule has 0 bridgehead atoms. The number of aliphatic hydroxyl groups is 1. The molecule has 0 spiro atoms. The number of aliphatic hydroxyl groups excluding tert-OH is 1. The van der Waals surface area contributed by atoms with Crippen molar-refractivity contribution in [3.63, 3.8) is 0 Å². The van der Waals surface area contributed by atoms with Crippen molar-refractivity contribution in [1.29, 1.82) is 0 Å². The Balaban J connectivity index is 3.06. The number of benzene rings is 1. The van der Waals surface area contributed by atoms with Gasteiger partial charge in [-0.3, -0.25) is 10.1 Å². The highest BCUT2D eigenvalue weighted by Crippen LogP contribution is 2.31. The second-order valence-corrected chi connectivity index (χ2v) is 4.76. The van der Waals surface area contributed by atoms with Crippen LogP contribution in [0.4, 0.5) is 20.2 Å². The Morgan fingerprint density at radius 3 is 2.40 bits per heavy atom. The van der Waals surface area contributed by atoms with Gasteiger partial charge in [0, 0.05) is 24.1 Å². The van der Waals surface area contributed by atoms with Crippen molar-refractivity contribution < 1.29 is 18.8 Å². The molecule has 1 aromatic rings. The van der Waals surface area contributed by atoms with E-state index in [0.29, 0.717) is 18.9 Å². The molecule has 0 aromatic heterocycles. The van der Waals surface area contributed by atoms with Crippen LogP contribution in [-0.2, 0) is 0 Å². The van der Waals surface area contributed by atoms with E-state index in [1.54, 1.807) is 0 Å². The molecule has 0 heterocycles. The summed E-state index contributed by atoms with van der Waals surface area (Å²) in [6.07, 6.45) is 1.27. The van der Waals surface area contributed by atoms with Crippen molar-refractivity contribution in [2.24, 2.45) is 5.41 Å². The lowest BCUT2D eigenvalue weighted by atomic mass is 9.83. The normalized spacial score (nSPS) is 11.4. The van der Waals surface area contributed by atoms with E-state index in [9.17, 15) is 24.0 Å². The molecule has 1 rings (SSSR count). The van der Waals surface area contributed by atoms with Gasteiger partial charge in [-0.1, -0.05) is 13.8 Å². The molecule has 0 aliphatic rings. The molecule has 0 fully saturated rings. The molecule has 7 heteroatoms. The second-order valence-electron chi connectivity index (χ2n) is 4.76. The first-order valence-corrected chi connectivity index (χ1v) is 6.37. The highest BCUT2D eigenvalue weighted by atomic mass is 19.1. The van der Waals surface area contributed by atoms with E-state index in [1.807, 2.05) is 13.8 Å². The minimum atomic E-state index is -1.22. The van der Waals surface area contributed by atoms with Gasteiger partial charge in [0.2, 0.25) is 5.82 Å². The van der Waals surface area contributed by atoms with E-state index >= 15 is 0 Å². The van der Waals surface area contributed by atoms with E-state index in [1.165, 1.54) is 0 Å². The first-order valence-electron chi connectivity index (χ1n) is 6.37. The van der Waals surface area contributed by atoms with E-state index in [4.69, 9.17) is 0 Å². The van der Waals surface area contributed by atoms with Crippen LogP contribution in [0.1, 0.15) is 26.7 Å². The van der Waals surface area contributed by atoms with Crippen molar-refractivity contribution in [3.05, 3.63) is 33.9 Å². The molecular weight excluding hydrogens is 270 g/mol. The van der Waals surface area contributed by atoms with Crippen LogP contribution >= 0.6 is 0 Å². The zero-order valence-corrected chi connectivity index (χ0v) is 11.4. The zero-order chi connectivity index (χ0) is 15.3. The Kier molecular flexibility index (Phi) is 5.38. The molecule has 0 aliphatic carbocycles. The number of hydrogen-bond donors (Lipinski definition) is 2. The molecule has 0 saturated heterocycles. The lowest BCUT2D eigenvalue weighted by Crippen LogP contribution is -2.32. The van der Waals surface area contributed by atoms with Crippen molar-refractivity contribution in [3.8, 4) is 0 Å². The predicted molar refractivity (Wildman–Crippen MR) is 71.6 cm³/mol. The van der Waals surface area contributed by atoms with Crippen molar-refractivity contribution in [2.45, 2.75) is 26.7 Å². The third kappa shape index (κ3) is 3.41. The number of nitro groups is 1. The van der Waals surface area contributed by atoms with Gasteiger partial charge in [0.25, 0.3) is 0 Å². The first kappa shape index (κ1) is 16.3. The Labute approximate surface area is 115 Å². The molecule has 0 radical (unpaired) electrons. The van der Waals surface area contributed by atoms with Crippen LogP contribution in [0.3, 0.4) is 0 Å². The van der Waals surface area contributed by atoms with Crippen LogP contribution in [0.15, 0.2) is 12.1 Å². The molecule has 5 nitrogen and oxygen atoms in total. The summed E-state index contributed by atoms with van der Waals surface area (Å²) in [7, 11) is 0. The molecule has 0 saturated carbocycles. The van der Waals surface area contributed by atoms with Gasteiger partial charge in [-0.15, -0.1) is 0 Å². The van der Waals surface area contributed by atoms with Gasteiger partial charge in [0.1, 0.15) is 11.5 Å². The Hall–Kier alpha value is -1.76. The predicted octanol–water partition coefficient (Wildman–Crippen LogP) is 3.08. The maximum absolute atomic E-state index is 13.5. The van der Waals surface area contributed by atoms with Gasteiger partial charge in [-0.25, -0.2) is 4.39 Å². The summed E-state index contributed by atoms with van der Waals surface area (Å²) < 4.78 is 26.6. The summed E-state index contributed by atoms with van der Waals surface area (Å²) in [5.74, 6) is -2.11. The third-order valence-corrected chi connectivity index (χ3v) is 3.70. The van der Waals surface area contributed by atoms with Gasteiger partial charge < -0.3 is 10.4 Å². The average Bonchev–Trinajstić information content (AvgIpc) is 2.39. The lowest BCUT2D eigenvalue weighted by Gasteiger charge is -2.29. The lowest BCUT2D eigenvalue weighted by molar-refractivity contribution is -0.386. The number of hydrogen-bond acceptors (Lipinski definition) is 4. The smallest absolute Gasteiger partial charge is 0.327 e. The Morgan fingerprint density at radius 1 is 1.35 bits per heavy atom. The van der Waals surface area contributed by atoms with E-state index in [-0.39, 0.29) is 18.8 Å². The van der Waals surface area contributed by atoms with Crippen LogP contribution in [0.25, 0.3) is 0 Å². The van der Waals surface area contributed by atoms with Crippen molar-refractivity contribution in [2.75, 3.05) is 18.5 Å². The van der Waals surface area contributed by atoms with Gasteiger partial charge in [0.05, 0.1) is 11.5 Å². The number of nitrogens with one attached hydrogen (secondary N) is 1. The summed E-state index contributed by atoms with van der Waals surface area (Å²) >= 11 is 0. The Bertz CT molecular complexity index is 482. The first-order chi connectivity index (χ1) is 9.39. The quantitative estimate of drug-likeness (QED) is 0.597. The minimum absolute atomic E-state index is 0.113. The van der Waals surface area contributed by atoms with Crippen LogP contribution in [-0.4, -0.2) is 23.2 Å². The monoisotopic (exact) mass is 288 g/mol. The van der Waals surface area contributed by atoms with Gasteiger partial charge in [-0.2, -0.15) is 4.39 Å². The number of rotatable bonds is 7. The minimum Gasteiger partial charge on any atom is -0.396 e. The number of nitrogens with zero attached hydrogens (tertiary/aromatic N) is 1. The maximum atomic E-state index is 13.5. The number of nitro benzene ring substituents is 1. The summed E-state index contributed by atoms with van der Waals surface area (Å²) in [4.78, 5) is 9.95. The summed E-state index contributed by atoms with van der Waals surface area (Å²) in [6, 6.07) is 1.36. The molecule has 0 amide bonds. The molecule has 0 unspecified atom stereocenters. The summed E-state index contributed by atoms with van der Waals surface area (Å²) in [6.45, 7) is 3.84. The molecule has 112 valence electrons. The fraction of sp³-hybridized carbons (Fsp3) is 0.538. The van der Waals surface area contributed by atoms with Gasteiger partial charge in [-0.05, 0) is 12.8 Å². The van der Waals surface area contributed by atoms with Crippen molar-refractivity contribution >= 4 is 11.4 Å². The zero-order valence-electron chi connectivity index (χ0n) is 11.4. The number of anilines is 1. The van der Waals surface area contributed by atoms with Crippen molar-refractivity contribution in [1.82, 2.24) is 0 Å². The SMILES string of the molecule is CCC(CC)(CO)CNc1cc(F)cc(F)c1[N+](=O)[O-]. The van der Waals surface area contributed by atoms with Crippen LogP contribution in [0.5, 0.6) is 0 Å². The standard InChI is InChI=1S/C13H18F2N2O3/c1-3-13(4-2,8-18)7-16-11-6-9(14)5-10(15)12(11)17(19)20/h5-6,16,18H,3-4,7-8H2,1-2H3. The number of halogens is 2. The molecule has 20 heavy (non-hydrogen) atoms. The summed E-state index contributed by atoms with van der Waals surface area (Å²) in [5, 5.41) is 22.9. The van der Waals surface area contributed by atoms with Gasteiger partial charge >= 0.3 is 5.69 Å². The highest BCUT2D eigenvalue weighted by molar-refractivity contribution is 5.62. The third-order valence-electron chi connectivity index (χ3n) is 3.70. The molecular formula is C13H18F2N2O3. The highest BCUT2D eigenvalue weighted by Gasteiger charge is 2.28. The van der Waals surface area contributed by atoms with Gasteiger partial charge in [0.15, 0.2) is 0 Å². The van der Waals surface area contributed by atoms with E-state index < -0.39 is 27.7 Å². The van der Waals surface area contributed by atoms with E-state index in [0.717, 1.165) is 6.07 Å². The molecule has 0 aliphatic heterocycles. The van der Waals surface area contributed by atoms with Crippen LogP contribution in [0, 0.1) is 27.2 Å². The Morgan fingerprint density at radius 2 is 1.95 bits per heavy atom. The average molecular weight is 288 g/mol. The fourth-order valence-corrected chi connectivity index (χ4v) is 1.95. The second kappa shape index (κ2) is 6.60. The largest absolute Gasteiger partial charge is 0.396 e. The van der Waals surface area contributed by atoms with Crippen LogP contribution in [0.2, 0.25) is 0 Å². The summed E-state index contributed by atoms with van der Waals surface area (Å²) in [5.41, 5.74) is -1.48. The maximum Gasteiger partial charge on any atom is 0.327 e.